The minimum Gasteiger partial charge on any atom is -0.454 e. The quantitative estimate of drug-likeness (QED) is 0.343. The molecule has 30 heavy (non-hydrogen) atoms. The second kappa shape index (κ2) is 7.97. The number of hydrogen-bond acceptors (Lipinski definition) is 7. The molecule has 5 rings (SSSR count). The molecule has 1 atom stereocenters. The third-order valence-electron chi connectivity index (χ3n) is 4.72. The summed E-state index contributed by atoms with van der Waals surface area (Å²) in [6.07, 6.45) is 1.55. The third kappa shape index (κ3) is 3.59. The Bertz CT molecular complexity index is 1230. The molecule has 1 aliphatic heterocycles. The van der Waals surface area contributed by atoms with Gasteiger partial charge in [0.2, 0.25) is 12.7 Å². The summed E-state index contributed by atoms with van der Waals surface area (Å²) in [5.74, 6) is 1.21. The van der Waals surface area contributed by atoms with Gasteiger partial charge < -0.3 is 14.8 Å². The second-order valence-electron chi connectivity index (χ2n) is 6.69. The fourth-order valence-electron chi connectivity index (χ4n) is 3.21. The predicted octanol–water partition coefficient (Wildman–Crippen LogP) is 5.21. The number of nitrogens with one attached hydrogen (secondary N) is 1. The summed E-state index contributed by atoms with van der Waals surface area (Å²) in [4.78, 5) is 22.6. The molecule has 150 valence electrons. The molecule has 0 radical (unpaired) electrons. The first-order chi connectivity index (χ1) is 14.7. The Morgan fingerprint density at radius 1 is 1.13 bits per heavy atom. The number of carbonyl (C=O) groups is 1. The maximum atomic E-state index is 12.8. The van der Waals surface area contributed by atoms with Gasteiger partial charge in [-0.05, 0) is 24.6 Å². The normalized spacial score (nSPS) is 13.4. The Morgan fingerprint density at radius 3 is 2.83 bits per heavy atom. The number of hydrogen-bond donors (Lipinski definition) is 1. The lowest BCUT2D eigenvalue weighted by Gasteiger charge is -2.13. The van der Waals surface area contributed by atoms with E-state index in [2.05, 4.69) is 32.8 Å². The third-order valence-corrected chi connectivity index (χ3v) is 6.70. The van der Waals surface area contributed by atoms with Crippen molar-refractivity contribution < 1.29 is 14.3 Å². The Balaban J connectivity index is 1.38. The van der Waals surface area contributed by atoms with E-state index in [1.165, 1.54) is 11.8 Å². The number of carbonyl (C=O) groups excluding carboxylic acids is 1. The fourth-order valence-corrected chi connectivity index (χ4v) is 5.12. The molecular weight excluding hydrogens is 418 g/mol. The van der Waals surface area contributed by atoms with Crippen molar-refractivity contribution in [2.45, 2.75) is 17.2 Å². The van der Waals surface area contributed by atoms with Crippen molar-refractivity contribution in [1.29, 1.82) is 0 Å². The van der Waals surface area contributed by atoms with Gasteiger partial charge >= 0.3 is 0 Å². The van der Waals surface area contributed by atoms with Crippen molar-refractivity contribution in [1.82, 2.24) is 9.97 Å². The SMILES string of the molecule is CC(Sc1ncnc2scc(-c3ccccc3)c12)C(=O)Nc1ccc2c(c1)OCO2. The van der Waals surface area contributed by atoms with E-state index >= 15 is 0 Å². The van der Waals surface area contributed by atoms with Crippen LogP contribution in [0, 0.1) is 0 Å². The van der Waals surface area contributed by atoms with E-state index in [1.807, 2.05) is 25.1 Å². The summed E-state index contributed by atoms with van der Waals surface area (Å²) in [5, 5.41) is 6.47. The zero-order valence-electron chi connectivity index (χ0n) is 16.0. The largest absolute Gasteiger partial charge is 0.454 e. The summed E-state index contributed by atoms with van der Waals surface area (Å²) in [7, 11) is 0. The lowest BCUT2D eigenvalue weighted by Crippen LogP contribution is -2.22. The van der Waals surface area contributed by atoms with Crippen LogP contribution < -0.4 is 14.8 Å². The van der Waals surface area contributed by atoms with Crippen LogP contribution in [0.2, 0.25) is 0 Å². The number of benzene rings is 2. The van der Waals surface area contributed by atoms with E-state index < -0.39 is 0 Å². The smallest absolute Gasteiger partial charge is 0.237 e. The summed E-state index contributed by atoms with van der Waals surface area (Å²) < 4.78 is 10.7. The first-order valence-corrected chi connectivity index (χ1v) is 11.1. The molecule has 1 unspecified atom stereocenters. The van der Waals surface area contributed by atoms with E-state index in [-0.39, 0.29) is 18.0 Å². The molecule has 0 aliphatic carbocycles. The molecule has 2 aromatic heterocycles. The minimum atomic E-state index is -0.350. The number of amides is 1. The van der Waals surface area contributed by atoms with Crippen molar-refractivity contribution in [2.75, 3.05) is 12.1 Å². The predicted molar refractivity (Wildman–Crippen MR) is 119 cm³/mol. The van der Waals surface area contributed by atoms with Crippen LogP contribution in [0.15, 0.2) is 65.3 Å². The standard InChI is InChI=1S/C22H17N3O3S2/c1-13(20(26)25-15-7-8-17-18(9-15)28-12-27-17)30-22-19-16(14-5-3-2-4-6-14)10-29-21(19)23-11-24-22/h2-11,13H,12H2,1H3,(H,25,26). The lowest BCUT2D eigenvalue weighted by atomic mass is 10.1. The number of aromatic nitrogens is 2. The first-order valence-electron chi connectivity index (χ1n) is 9.34. The van der Waals surface area contributed by atoms with Crippen molar-refractivity contribution >= 4 is 44.9 Å². The summed E-state index contributed by atoms with van der Waals surface area (Å²) in [6, 6.07) is 15.5. The lowest BCUT2D eigenvalue weighted by molar-refractivity contribution is -0.115. The van der Waals surface area contributed by atoms with Crippen molar-refractivity contribution in [3.63, 3.8) is 0 Å². The Morgan fingerprint density at radius 2 is 1.97 bits per heavy atom. The molecule has 3 heterocycles. The number of thiophene rings is 1. The van der Waals surface area contributed by atoms with Gasteiger partial charge in [-0.2, -0.15) is 0 Å². The highest BCUT2D eigenvalue weighted by Gasteiger charge is 2.21. The van der Waals surface area contributed by atoms with Crippen LogP contribution in [0.4, 0.5) is 5.69 Å². The molecular formula is C22H17N3O3S2. The van der Waals surface area contributed by atoms with Gasteiger partial charge in [0, 0.05) is 22.7 Å². The molecule has 0 bridgehead atoms. The molecule has 6 nitrogen and oxygen atoms in total. The molecule has 2 aromatic carbocycles. The van der Waals surface area contributed by atoms with Crippen LogP contribution in [0.25, 0.3) is 21.3 Å². The van der Waals surface area contributed by atoms with Gasteiger partial charge in [0.1, 0.15) is 16.2 Å². The summed E-state index contributed by atoms with van der Waals surface area (Å²) in [5.41, 5.74) is 2.87. The van der Waals surface area contributed by atoms with E-state index in [0.717, 1.165) is 26.4 Å². The number of rotatable bonds is 5. The average Bonchev–Trinajstić information content (AvgIpc) is 3.41. The van der Waals surface area contributed by atoms with Gasteiger partial charge in [-0.3, -0.25) is 4.79 Å². The molecule has 0 spiro atoms. The number of ether oxygens (including phenoxy) is 2. The molecule has 0 saturated carbocycles. The van der Waals surface area contributed by atoms with Crippen molar-refractivity contribution in [3.8, 4) is 22.6 Å². The highest BCUT2D eigenvalue weighted by Crippen LogP contribution is 2.39. The van der Waals surface area contributed by atoms with Gasteiger partial charge in [0.15, 0.2) is 11.5 Å². The van der Waals surface area contributed by atoms with Crippen LogP contribution in [-0.2, 0) is 4.79 Å². The molecule has 1 aliphatic rings. The highest BCUT2D eigenvalue weighted by atomic mass is 32.2. The Hall–Kier alpha value is -3.10. The Kier molecular flexibility index (Phi) is 5.02. The molecule has 0 fully saturated rings. The number of fused-ring (bicyclic) bond motifs is 2. The van der Waals surface area contributed by atoms with Gasteiger partial charge in [-0.15, -0.1) is 11.3 Å². The van der Waals surface area contributed by atoms with Crippen LogP contribution >= 0.6 is 23.1 Å². The average molecular weight is 436 g/mol. The number of anilines is 1. The monoisotopic (exact) mass is 435 g/mol. The van der Waals surface area contributed by atoms with Crippen molar-refractivity contribution in [2.24, 2.45) is 0 Å². The maximum absolute atomic E-state index is 12.8. The van der Waals surface area contributed by atoms with E-state index in [9.17, 15) is 4.79 Å². The first kappa shape index (κ1) is 18.9. The molecule has 1 amide bonds. The van der Waals surface area contributed by atoms with Gasteiger partial charge in [0.25, 0.3) is 0 Å². The van der Waals surface area contributed by atoms with Crippen molar-refractivity contribution in [3.05, 3.63) is 60.2 Å². The second-order valence-corrected chi connectivity index (χ2v) is 8.88. The van der Waals surface area contributed by atoms with E-state index in [0.29, 0.717) is 17.2 Å². The van der Waals surface area contributed by atoms with Crippen LogP contribution in [0.1, 0.15) is 6.92 Å². The van der Waals surface area contributed by atoms with E-state index in [4.69, 9.17) is 9.47 Å². The summed E-state index contributed by atoms with van der Waals surface area (Å²) >= 11 is 3.01. The van der Waals surface area contributed by atoms with Gasteiger partial charge in [0.05, 0.1) is 10.6 Å². The topological polar surface area (TPSA) is 73.3 Å². The molecule has 1 N–H and O–H groups in total. The highest BCUT2D eigenvalue weighted by molar-refractivity contribution is 8.00. The number of nitrogens with zero attached hydrogens (tertiary/aromatic N) is 2. The minimum absolute atomic E-state index is 0.109. The van der Waals surface area contributed by atoms with E-state index in [1.54, 1.807) is 35.9 Å². The Labute approximate surface area is 181 Å². The molecule has 0 saturated heterocycles. The van der Waals surface area contributed by atoms with Crippen LogP contribution in [-0.4, -0.2) is 27.9 Å². The van der Waals surface area contributed by atoms with Crippen LogP contribution in [0.5, 0.6) is 11.5 Å². The maximum Gasteiger partial charge on any atom is 0.237 e. The van der Waals surface area contributed by atoms with Gasteiger partial charge in [-0.1, -0.05) is 42.1 Å². The zero-order chi connectivity index (χ0) is 20.5. The molecule has 4 aromatic rings. The zero-order valence-corrected chi connectivity index (χ0v) is 17.6. The van der Waals surface area contributed by atoms with Gasteiger partial charge in [-0.25, -0.2) is 9.97 Å². The fraction of sp³-hybridized carbons (Fsp3) is 0.136. The summed E-state index contributed by atoms with van der Waals surface area (Å²) in [6.45, 7) is 2.07. The molecule has 8 heteroatoms. The van der Waals surface area contributed by atoms with Crippen LogP contribution in [0.3, 0.4) is 0 Å². The number of thioether (sulfide) groups is 1.